The molecule has 0 saturated carbocycles. The number of thiophene rings is 1. The van der Waals surface area contributed by atoms with E-state index < -0.39 is 4.92 Å². The number of aromatic nitrogens is 2. The van der Waals surface area contributed by atoms with Gasteiger partial charge in [0.25, 0.3) is 11.2 Å². The zero-order chi connectivity index (χ0) is 14.1. The summed E-state index contributed by atoms with van der Waals surface area (Å²) in [5, 5.41) is 12.6. The van der Waals surface area contributed by atoms with Crippen LogP contribution in [0.25, 0.3) is 10.2 Å². The van der Waals surface area contributed by atoms with Gasteiger partial charge in [-0.25, -0.2) is 4.98 Å². The summed E-state index contributed by atoms with van der Waals surface area (Å²) < 4.78 is 2.05. The van der Waals surface area contributed by atoms with Crippen molar-refractivity contribution in [2.24, 2.45) is 0 Å². The first-order chi connectivity index (χ1) is 9.65. The van der Waals surface area contributed by atoms with Crippen molar-refractivity contribution in [2.45, 2.75) is 6.54 Å². The maximum Gasteiger partial charge on any atom is 0.271 e. The van der Waals surface area contributed by atoms with Crippen LogP contribution in [0.1, 0.15) is 5.56 Å². The molecule has 0 N–H and O–H groups in total. The van der Waals surface area contributed by atoms with E-state index in [0.29, 0.717) is 15.8 Å². The fourth-order valence-corrected chi connectivity index (χ4v) is 2.75. The largest absolute Gasteiger partial charge is 0.294 e. The van der Waals surface area contributed by atoms with Crippen LogP contribution in [0, 0.1) is 10.1 Å². The molecule has 0 atom stereocenters. The van der Waals surface area contributed by atoms with E-state index in [1.807, 2.05) is 5.38 Å². The van der Waals surface area contributed by atoms with Gasteiger partial charge in [-0.05, 0) is 17.0 Å². The quantitative estimate of drug-likeness (QED) is 0.547. The van der Waals surface area contributed by atoms with Gasteiger partial charge >= 0.3 is 0 Å². The first-order valence-corrected chi connectivity index (χ1v) is 6.69. The SMILES string of the molecule is O=c1c2sccc2ncn1Cc1cccc([N+](=O)[O-])c1. The van der Waals surface area contributed by atoms with Gasteiger partial charge in [0.15, 0.2) is 0 Å². The minimum Gasteiger partial charge on any atom is -0.294 e. The molecule has 100 valence electrons. The zero-order valence-electron chi connectivity index (χ0n) is 10.2. The van der Waals surface area contributed by atoms with Crippen LogP contribution in [0.15, 0.2) is 46.8 Å². The minimum atomic E-state index is -0.451. The molecule has 1 aromatic carbocycles. The normalized spacial score (nSPS) is 10.8. The van der Waals surface area contributed by atoms with E-state index in [1.165, 1.54) is 34.4 Å². The molecule has 0 saturated heterocycles. The van der Waals surface area contributed by atoms with Crippen molar-refractivity contribution in [1.82, 2.24) is 9.55 Å². The second kappa shape index (κ2) is 4.86. The van der Waals surface area contributed by atoms with Crippen LogP contribution in [0.4, 0.5) is 5.69 Å². The molecule has 0 aliphatic rings. The maximum absolute atomic E-state index is 12.2. The Morgan fingerprint density at radius 3 is 3.00 bits per heavy atom. The summed E-state index contributed by atoms with van der Waals surface area (Å²) in [5.74, 6) is 0. The number of nitro groups is 1. The van der Waals surface area contributed by atoms with Gasteiger partial charge in [-0.2, -0.15) is 0 Å². The maximum atomic E-state index is 12.2. The molecule has 2 heterocycles. The van der Waals surface area contributed by atoms with Gasteiger partial charge in [0.05, 0.1) is 23.3 Å². The van der Waals surface area contributed by atoms with Crippen LogP contribution in [0.5, 0.6) is 0 Å². The smallest absolute Gasteiger partial charge is 0.271 e. The molecule has 0 spiro atoms. The number of benzene rings is 1. The minimum absolute atomic E-state index is 0.0145. The molecule has 20 heavy (non-hydrogen) atoms. The summed E-state index contributed by atoms with van der Waals surface area (Å²) in [7, 11) is 0. The fourth-order valence-electron chi connectivity index (χ4n) is 1.96. The highest BCUT2D eigenvalue weighted by molar-refractivity contribution is 7.17. The van der Waals surface area contributed by atoms with Crippen molar-refractivity contribution in [3.63, 3.8) is 0 Å². The van der Waals surface area contributed by atoms with Crippen molar-refractivity contribution in [1.29, 1.82) is 0 Å². The Bertz CT molecular complexity index is 853. The molecule has 0 unspecified atom stereocenters. The number of hydrogen-bond acceptors (Lipinski definition) is 5. The predicted octanol–water partition coefficient (Wildman–Crippen LogP) is 2.41. The average Bonchev–Trinajstić information content (AvgIpc) is 2.91. The third-order valence-electron chi connectivity index (χ3n) is 2.91. The molecular formula is C13H9N3O3S. The first-order valence-electron chi connectivity index (χ1n) is 5.81. The van der Waals surface area contributed by atoms with Crippen LogP contribution in [0.3, 0.4) is 0 Å². The van der Waals surface area contributed by atoms with Gasteiger partial charge in [0, 0.05) is 12.1 Å². The monoisotopic (exact) mass is 287 g/mol. The summed E-state index contributed by atoms with van der Waals surface area (Å²) in [6, 6.07) is 8.03. The summed E-state index contributed by atoms with van der Waals surface area (Å²) in [5.41, 5.74) is 1.26. The van der Waals surface area contributed by atoms with E-state index >= 15 is 0 Å². The molecular weight excluding hydrogens is 278 g/mol. The van der Waals surface area contributed by atoms with E-state index in [2.05, 4.69) is 4.98 Å². The topological polar surface area (TPSA) is 78.0 Å². The fraction of sp³-hybridized carbons (Fsp3) is 0.0769. The Labute approximate surface area is 117 Å². The molecule has 0 aliphatic carbocycles. The summed E-state index contributed by atoms with van der Waals surface area (Å²) in [6.07, 6.45) is 1.47. The van der Waals surface area contributed by atoms with Crippen LogP contribution in [0.2, 0.25) is 0 Å². The number of nitrogens with zero attached hydrogens (tertiary/aromatic N) is 3. The number of rotatable bonds is 3. The molecule has 0 bridgehead atoms. The van der Waals surface area contributed by atoms with E-state index in [4.69, 9.17) is 0 Å². The highest BCUT2D eigenvalue weighted by Gasteiger charge is 2.08. The molecule has 0 amide bonds. The van der Waals surface area contributed by atoms with E-state index in [9.17, 15) is 14.9 Å². The van der Waals surface area contributed by atoms with E-state index in [1.54, 1.807) is 18.2 Å². The summed E-state index contributed by atoms with van der Waals surface area (Å²) in [4.78, 5) is 26.7. The standard InChI is InChI=1S/C13H9N3O3S/c17-13-12-11(4-5-20-12)14-8-15(13)7-9-2-1-3-10(6-9)16(18)19/h1-6,8H,7H2. The van der Waals surface area contributed by atoms with Crippen LogP contribution >= 0.6 is 11.3 Å². The van der Waals surface area contributed by atoms with Crippen LogP contribution in [-0.4, -0.2) is 14.5 Å². The number of non-ortho nitro benzene ring substituents is 1. The Hall–Kier alpha value is -2.54. The summed E-state index contributed by atoms with van der Waals surface area (Å²) >= 11 is 1.34. The lowest BCUT2D eigenvalue weighted by Gasteiger charge is -2.05. The summed E-state index contributed by atoms with van der Waals surface area (Å²) in [6.45, 7) is 0.265. The molecule has 7 heteroatoms. The second-order valence-corrected chi connectivity index (χ2v) is 5.16. The molecule has 0 fully saturated rings. The first kappa shape index (κ1) is 12.5. The molecule has 6 nitrogen and oxygen atoms in total. The Kier molecular flexibility index (Phi) is 3.03. The lowest BCUT2D eigenvalue weighted by Crippen LogP contribution is -2.20. The van der Waals surface area contributed by atoms with Crippen molar-refractivity contribution < 1.29 is 4.92 Å². The Balaban J connectivity index is 2.01. The van der Waals surface area contributed by atoms with Gasteiger partial charge in [-0.1, -0.05) is 12.1 Å². The lowest BCUT2D eigenvalue weighted by molar-refractivity contribution is -0.384. The van der Waals surface area contributed by atoms with Gasteiger partial charge in [0.2, 0.25) is 0 Å². The third-order valence-corrected chi connectivity index (χ3v) is 3.80. The van der Waals surface area contributed by atoms with Gasteiger partial charge in [-0.15, -0.1) is 11.3 Å². The molecule has 0 aliphatic heterocycles. The highest BCUT2D eigenvalue weighted by atomic mass is 32.1. The lowest BCUT2D eigenvalue weighted by atomic mass is 10.2. The van der Waals surface area contributed by atoms with E-state index in [0.717, 1.165) is 0 Å². The van der Waals surface area contributed by atoms with Crippen molar-refractivity contribution in [3.05, 3.63) is 68.1 Å². The predicted molar refractivity (Wildman–Crippen MR) is 76.1 cm³/mol. The average molecular weight is 287 g/mol. The third kappa shape index (κ3) is 2.19. The number of fused-ring (bicyclic) bond motifs is 1. The van der Waals surface area contributed by atoms with Crippen molar-refractivity contribution in [2.75, 3.05) is 0 Å². The molecule has 3 aromatic rings. The van der Waals surface area contributed by atoms with Crippen LogP contribution < -0.4 is 5.56 Å². The van der Waals surface area contributed by atoms with E-state index in [-0.39, 0.29) is 17.8 Å². The van der Waals surface area contributed by atoms with Gasteiger partial charge in [-0.3, -0.25) is 19.5 Å². The van der Waals surface area contributed by atoms with Crippen molar-refractivity contribution in [3.8, 4) is 0 Å². The van der Waals surface area contributed by atoms with Gasteiger partial charge in [0.1, 0.15) is 4.70 Å². The number of hydrogen-bond donors (Lipinski definition) is 0. The second-order valence-electron chi connectivity index (χ2n) is 4.24. The Morgan fingerprint density at radius 1 is 1.35 bits per heavy atom. The molecule has 0 radical (unpaired) electrons. The van der Waals surface area contributed by atoms with Crippen molar-refractivity contribution >= 4 is 27.2 Å². The highest BCUT2D eigenvalue weighted by Crippen LogP contribution is 2.15. The van der Waals surface area contributed by atoms with Crippen LogP contribution in [-0.2, 0) is 6.54 Å². The Morgan fingerprint density at radius 2 is 2.20 bits per heavy atom. The molecule has 2 aromatic heterocycles. The number of nitro benzene ring substituents is 1. The zero-order valence-corrected chi connectivity index (χ0v) is 11.0. The van der Waals surface area contributed by atoms with Gasteiger partial charge < -0.3 is 0 Å². The molecule has 3 rings (SSSR count).